The molecule has 102 valence electrons. The average molecular weight is 286 g/mol. The van der Waals surface area contributed by atoms with E-state index in [2.05, 4.69) is 4.98 Å². The third-order valence-electron chi connectivity index (χ3n) is 3.25. The predicted octanol–water partition coefficient (Wildman–Crippen LogP) is 1.80. The number of carbonyl (C=O) groups is 1. The minimum atomic E-state index is -0.854. The minimum absolute atomic E-state index is 0.0226. The largest absolute Gasteiger partial charge is 0.481 e. The summed E-state index contributed by atoms with van der Waals surface area (Å²) in [7, 11) is 0. The Morgan fingerprint density at radius 2 is 2.32 bits per heavy atom. The molecule has 1 N–H and O–H groups in total. The van der Waals surface area contributed by atoms with Gasteiger partial charge in [0.15, 0.2) is 0 Å². The van der Waals surface area contributed by atoms with E-state index < -0.39 is 16.8 Å². The molecular formula is C11H12ClN3O4. The number of anilines is 1. The van der Waals surface area contributed by atoms with Gasteiger partial charge in [0.2, 0.25) is 0 Å². The Labute approximate surface area is 114 Å². The lowest BCUT2D eigenvalue weighted by molar-refractivity contribution is -0.385. The molecule has 7 nitrogen and oxygen atoms in total. The van der Waals surface area contributed by atoms with Gasteiger partial charge < -0.3 is 10.0 Å². The molecule has 1 aromatic rings. The summed E-state index contributed by atoms with van der Waals surface area (Å²) in [5.41, 5.74) is -0.184. The van der Waals surface area contributed by atoms with Crippen LogP contribution in [0.3, 0.4) is 0 Å². The maximum atomic E-state index is 11.0. The number of nitro groups is 1. The summed E-state index contributed by atoms with van der Waals surface area (Å²) in [5, 5.41) is 19.8. The van der Waals surface area contributed by atoms with Crippen molar-refractivity contribution >= 4 is 29.1 Å². The van der Waals surface area contributed by atoms with Crippen LogP contribution in [0.25, 0.3) is 0 Å². The topological polar surface area (TPSA) is 96.6 Å². The minimum Gasteiger partial charge on any atom is -0.481 e. The number of rotatable bonds is 3. The van der Waals surface area contributed by atoms with E-state index in [0.29, 0.717) is 18.9 Å². The van der Waals surface area contributed by atoms with Gasteiger partial charge in [0, 0.05) is 19.2 Å². The Kier molecular flexibility index (Phi) is 3.57. The van der Waals surface area contributed by atoms with Crippen LogP contribution in [0, 0.1) is 22.0 Å². The highest BCUT2D eigenvalue weighted by molar-refractivity contribution is 6.33. The van der Waals surface area contributed by atoms with Gasteiger partial charge in [-0.3, -0.25) is 14.9 Å². The number of nitrogens with zero attached hydrogens (tertiary/aromatic N) is 3. The summed E-state index contributed by atoms with van der Waals surface area (Å²) in [6, 6.07) is 1.22. The van der Waals surface area contributed by atoms with Crippen LogP contribution in [0.15, 0.2) is 12.3 Å². The molecule has 1 fully saturated rings. The van der Waals surface area contributed by atoms with E-state index in [4.69, 9.17) is 16.7 Å². The van der Waals surface area contributed by atoms with Gasteiger partial charge in [0.05, 0.1) is 15.9 Å². The highest BCUT2D eigenvalue weighted by Gasteiger charge is 2.36. The summed E-state index contributed by atoms with van der Waals surface area (Å²) >= 11 is 5.97. The molecule has 0 amide bonds. The van der Waals surface area contributed by atoms with E-state index in [9.17, 15) is 14.9 Å². The van der Waals surface area contributed by atoms with Gasteiger partial charge >= 0.3 is 5.97 Å². The van der Waals surface area contributed by atoms with Crippen molar-refractivity contribution in [2.75, 3.05) is 18.0 Å². The highest BCUT2D eigenvalue weighted by Crippen LogP contribution is 2.33. The smallest absolute Gasteiger partial charge is 0.308 e. The number of aliphatic carboxylic acids is 1. The van der Waals surface area contributed by atoms with E-state index in [1.165, 1.54) is 6.07 Å². The summed E-state index contributed by atoms with van der Waals surface area (Å²) in [6.45, 7) is 2.67. The quantitative estimate of drug-likeness (QED) is 0.672. The fourth-order valence-electron chi connectivity index (χ4n) is 2.21. The second-order valence-corrected chi connectivity index (χ2v) is 4.99. The number of carboxylic acids is 1. The van der Waals surface area contributed by atoms with Crippen molar-refractivity contribution in [3.63, 3.8) is 0 Å². The molecule has 2 atom stereocenters. The van der Waals surface area contributed by atoms with Crippen LogP contribution in [0.4, 0.5) is 11.5 Å². The molecule has 8 heteroatoms. The van der Waals surface area contributed by atoms with Crippen LogP contribution in [0.2, 0.25) is 5.02 Å². The van der Waals surface area contributed by atoms with Gasteiger partial charge in [0.1, 0.15) is 12.0 Å². The zero-order valence-electron chi connectivity index (χ0n) is 10.1. The van der Waals surface area contributed by atoms with Crippen LogP contribution < -0.4 is 4.90 Å². The zero-order chi connectivity index (χ0) is 14.2. The maximum absolute atomic E-state index is 11.0. The van der Waals surface area contributed by atoms with Gasteiger partial charge in [0.25, 0.3) is 5.69 Å². The van der Waals surface area contributed by atoms with Crippen molar-refractivity contribution in [3.8, 4) is 0 Å². The molecule has 0 aliphatic carbocycles. The Morgan fingerprint density at radius 3 is 2.79 bits per heavy atom. The summed E-state index contributed by atoms with van der Waals surface area (Å²) < 4.78 is 0. The maximum Gasteiger partial charge on any atom is 0.308 e. The summed E-state index contributed by atoms with van der Waals surface area (Å²) in [4.78, 5) is 26.8. The molecule has 1 aromatic heterocycles. The van der Waals surface area contributed by atoms with Crippen LogP contribution >= 0.6 is 11.6 Å². The molecule has 2 unspecified atom stereocenters. The number of halogens is 1. The van der Waals surface area contributed by atoms with E-state index in [0.717, 1.165) is 6.20 Å². The fraction of sp³-hybridized carbons (Fsp3) is 0.455. The van der Waals surface area contributed by atoms with Crippen LogP contribution in [0.1, 0.15) is 6.92 Å². The lowest BCUT2D eigenvalue weighted by atomic mass is 9.99. The van der Waals surface area contributed by atoms with Crippen molar-refractivity contribution in [3.05, 3.63) is 27.4 Å². The van der Waals surface area contributed by atoms with Gasteiger partial charge in [-0.2, -0.15) is 0 Å². The van der Waals surface area contributed by atoms with Gasteiger partial charge in [-0.25, -0.2) is 4.98 Å². The molecule has 1 saturated heterocycles. The number of carboxylic acid groups (broad SMARTS) is 1. The monoisotopic (exact) mass is 285 g/mol. The SMILES string of the molecule is CC1CN(c2ncc([N+](=O)[O-])cc2Cl)CC1C(=O)O. The Hall–Kier alpha value is -1.89. The van der Waals surface area contributed by atoms with Gasteiger partial charge in [-0.15, -0.1) is 0 Å². The Morgan fingerprint density at radius 1 is 1.63 bits per heavy atom. The van der Waals surface area contributed by atoms with Crippen molar-refractivity contribution in [2.24, 2.45) is 11.8 Å². The second kappa shape index (κ2) is 5.00. The second-order valence-electron chi connectivity index (χ2n) is 4.58. The highest BCUT2D eigenvalue weighted by atomic mass is 35.5. The van der Waals surface area contributed by atoms with E-state index in [1.54, 1.807) is 4.90 Å². The molecule has 2 rings (SSSR count). The molecule has 0 saturated carbocycles. The first-order valence-electron chi connectivity index (χ1n) is 5.68. The first-order chi connectivity index (χ1) is 8.90. The van der Waals surface area contributed by atoms with Crippen LogP contribution in [0.5, 0.6) is 0 Å². The lowest BCUT2D eigenvalue weighted by Crippen LogP contribution is -2.24. The predicted molar refractivity (Wildman–Crippen MR) is 68.4 cm³/mol. The van der Waals surface area contributed by atoms with Crippen LogP contribution in [-0.2, 0) is 4.79 Å². The lowest BCUT2D eigenvalue weighted by Gasteiger charge is -2.17. The number of aromatic nitrogens is 1. The summed E-state index contributed by atoms with van der Waals surface area (Å²) in [6.07, 6.45) is 1.12. The van der Waals surface area contributed by atoms with E-state index in [1.807, 2.05) is 6.92 Å². The van der Waals surface area contributed by atoms with Gasteiger partial charge in [-0.1, -0.05) is 18.5 Å². The average Bonchev–Trinajstić information content (AvgIpc) is 2.71. The van der Waals surface area contributed by atoms with Crippen LogP contribution in [-0.4, -0.2) is 34.1 Å². The van der Waals surface area contributed by atoms with Crippen molar-refractivity contribution in [1.29, 1.82) is 0 Å². The van der Waals surface area contributed by atoms with E-state index >= 15 is 0 Å². The van der Waals surface area contributed by atoms with Crippen molar-refractivity contribution in [1.82, 2.24) is 4.98 Å². The molecule has 0 radical (unpaired) electrons. The number of pyridine rings is 1. The summed E-state index contributed by atoms with van der Waals surface area (Å²) in [5.74, 6) is -0.963. The molecule has 0 bridgehead atoms. The number of hydrogen-bond acceptors (Lipinski definition) is 5. The molecule has 1 aliphatic heterocycles. The first kappa shape index (κ1) is 13.5. The Bertz CT molecular complexity index is 537. The molecule has 0 aromatic carbocycles. The third kappa shape index (κ3) is 2.60. The zero-order valence-corrected chi connectivity index (χ0v) is 10.9. The fourth-order valence-corrected chi connectivity index (χ4v) is 2.49. The molecule has 1 aliphatic rings. The molecular weight excluding hydrogens is 274 g/mol. The van der Waals surface area contributed by atoms with Crippen molar-refractivity contribution in [2.45, 2.75) is 6.92 Å². The standard InChI is InChI=1S/C11H12ClN3O4/c1-6-4-14(5-8(6)11(16)17)10-9(12)2-7(3-13-10)15(18)19/h2-3,6,8H,4-5H2,1H3,(H,16,17). The molecule has 0 spiro atoms. The molecule has 19 heavy (non-hydrogen) atoms. The molecule has 2 heterocycles. The Balaban J connectivity index is 2.24. The normalized spacial score (nSPS) is 22.5. The first-order valence-corrected chi connectivity index (χ1v) is 6.05. The van der Waals surface area contributed by atoms with E-state index in [-0.39, 0.29) is 16.6 Å². The van der Waals surface area contributed by atoms with Gasteiger partial charge in [-0.05, 0) is 5.92 Å². The third-order valence-corrected chi connectivity index (χ3v) is 3.53. The number of hydrogen-bond donors (Lipinski definition) is 1. The van der Waals surface area contributed by atoms with Crippen molar-refractivity contribution < 1.29 is 14.8 Å².